The summed E-state index contributed by atoms with van der Waals surface area (Å²) in [6.45, 7) is 4.12. The van der Waals surface area contributed by atoms with Gasteiger partial charge in [-0.15, -0.1) is 11.3 Å². The van der Waals surface area contributed by atoms with Crippen LogP contribution in [0.4, 0.5) is 11.8 Å². The monoisotopic (exact) mass is 324 g/mol. The van der Waals surface area contributed by atoms with Crippen LogP contribution in [-0.4, -0.2) is 29.7 Å². The average molecular weight is 325 g/mol. The third kappa shape index (κ3) is 3.12. The summed E-state index contributed by atoms with van der Waals surface area (Å²) in [5.41, 5.74) is 6.66. The number of ether oxygens (including phenoxy) is 1. The molecule has 3 heterocycles. The van der Waals surface area contributed by atoms with Crippen molar-refractivity contribution in [3.63, 3.8) is 0 Å². The summed E-state index contributed by atoms with van der Waals surface area (Å²) in [4.78, 5) is 11.9. The van der Waals surface area contributed by atoms with Gasteiger partial charge in [0.05, 0.1) is 17.7 Å². The van der Waals surface area contributed by atoms with E-state index in [2.05, 4.69) is 14.9 Å². The Bertz CT molecular complexity index is 613. The van der Waals surface area contributed by atoms with Gasteiger partial charge in [0.25, 0.3) is 0 Å². The van der Waals surface area contributed by atoms with Crippen LogP contribution in [-0.2, 0) is 4.74 Å². The maximum atomic E-state index is 6.31. The molecule has 0 unspecified atom stereocenters. The smallest absolute Gasteiger partial charge is 0.222 e. The first-order chi connectivity index (χ1) is 10.1. The number of nitrogen functional groups attached to an aromatic ring is 1. The maximum absolute atomic E-state index is 6.31. The van der Waals surface area contributed by atoms with E-state index >= 15 is 0 Å². The van der Waals surface area contributed by atoms with Crippen molar-refractivity contribution >= 4 is 34.7 Å². The van der Waals surface area contributed by atoms with Gasteiger partial charge in [-0.1, -0.05) is 11.6 Å². The number of aryl methyl sites for hydroxylation is 1. The largest absolute Gasteiger partial charge is 0.379 e. The molecule has 1 aliphatic heterocycles. The summed E-state index contributed by atoms with van der Waals surface area (Å²) in [5.74, 6) is 1.13. The Kier molecular flexibility index (Phi) is 4.28. The molecule has 5 nitrogen and oxygen atoms in total. The molecule has 2 aromatic heterocycles. The van der Waals surface area contributed by atoms with Crippen molar-refractivity contribution in [1.29, 1.82) is 0 Å². The Morgan fingerprint density at radius 2 is 2.33 bits per heavy atom. The zero-order valence-corrected chi connectivity index (χ0v) is 13.3. The summed E-state index contributed by atoms with van der Waals surface area (Å²) >= 11 is 7.96. The van der Waals surface area contributed by atoms with Crippen molar-refractivity contribution in [2.45, 2.75) is 19.4 Å². The molecule has 0 spiro atoms. The van der Waals surface area contributed by atoms with Crippen LogP contribution in [0.2, 0.25) is 5.02 Å². The molecule has 112 valence electrons. The second-order valence-corrected chi connectivity index (χ2v) is 6.35. The number of nitrogens with two attached hydrogens (primary N) is 1. The molecule has 1 fully saturated rings. The van der Waals surface area contributed by atoms with E-state index in [1.807, 2.05) is 24.4 Å². The van der Waals surface area contributed by atoms with Crippen molar-refractivity contribution in [2.75, 3.05) is 30.4 Å². The predicted molar refractivity (Wildman–Crippen MR) is 86.0 cm³/mol. The Balaban J connectivity index is 2.01. The van der Waals surface area contributed by atoms with Gasteiger partial charge < -0.3 is 15.4 Å². The second kappa shape index (κ2) is 6.17. The van der Waals surface area contributed by atoms with E-state index in [1.165, 1.54) is 0 Å². The number of hydrogen-bond acceptors (Lipinski definition) is 6. The van der Waals surface area contributed by atoms with E-state index in [0.29, 0.717) is 12.6 Å². The fourth-order valence-electron chi connectivity index (χ4n) is 2.53. The van der Waals surface area contributed by atoms with Crippen LogP contribution in [0.5, 0.6) is 0 Å². The minimum absolute atomic E-state index is 0.0636. The van der Waals surface area contributed by atoms with E-state index in [-0.39, 0.29) is 6.04 Å². The third-order valence-electron chi connectivity index (χ3n) is 3.44. The first kappa shape index (κ1) is 14.6. The first-order valence-corrected chi connectivity index (χ1v) is 8.09. The van der Waals surface area contributed by atoms with E-state index in [1.54, 1.807) is 11.3 Å². The molecule has 1 aliphatic rings. The Hall–Kier alpha value is -1.37. The molecule has 0 bridgehead atoms. The minimum atomic E-state index is 0.0636. The SMILES string of the molecule is Cc1cc(N2CCCOC[C@H]2c2sccc2Cl)nc(N)n1. The summed E-state index contributed by atoms with van der Waals surface area (Å²) < 4.78 is 5.73. The van der Waals surface area contributed by atoms with Gasteiger partial charge in [0.15, 0.2) is 0 Å². The number of halogens is 1. The highest BCUT2D eigenvalue weighted by molar-refractivity contribution is 7.10. The van der Waals surface area contributed by atoms with Gasteiger partial charge in [-0.2, -0.15) is 4.98 Å². The zero-order valence-electron chi connectivity index (χ0n) is 11.8. The van der Waals surface area contributed by atoms with Crippen molar-refractivity contribution in [3.8, 4) is 0 Å². The molecule has 2 N–H and O–H groups in total. The molecule has 0 radical (unpaired) electrons. The van der Waals surface area contributed by atoms with E-state index in [9.17, 15) is 0 Å². The number of anilines is 2. The third-order valence-corrected chi connectivity index (χ3v) is 4.90. The highest BCUT2D eigenvalue weighted by atomic mass is 35.5. The lowest BCUT2D eigenvalue weighted by Gasteiger charge is -2.30. The quantitative estimate of drug-likeness (QED) is 0.919. The Labute approximate surface area is 132 Å². The predicted octanol–water partition coefficient (Wildman–Crippen LogP) is 3.05. The van der Waals surface area contributed by atoms with Crippen LogP contribution < -0.4 is 10.6 Å². The highest BCUT2D eigenvalue weighted by Crippen LogP contribution is 2.36. The topological polar surface area (TPSA) is 64.3 Å². The van der Waals surface area contributed by atoms with Gasteiger partial charge in [0, 0.05) is 29.8 Å². The van der Waals surface area contributed by atoms with E-state index in [0.717, 1.165) is 41.0 Å². The van der Waals surface area contributed by atoms with Gasteiger partial charge in [0.1, 0.15) is 5.82 Å². The average Bonchev–Trinajstić information content (AvgIpc) is 2.72. The molecule has 21 heavy (non-hydrogen) atoms. The van der Waals surface area contributed by atoms with Crippen molar-refractivity contribution in [3.05, 3.63) is 33.1 Å². The van der Waals surface area contributed by atoms with Gasteiger partial charge in [-0.25, -0.2) is 4.98 Å². The zero-order chi connectivity index (χ0) is 14.8. The van der Waals surface area contributed by atoms with Crippen LogP contribution in [0.15, 0.2) is 17.5 Å². The molecule has 0 aliphatic carbocycles. The molecule has 2 aromatic rings. The second-order valence-electron chi connectivity index (χ2n) is 5.00. The molecule has 0 amide bonds. The summed E-state index contributed by atoms with van der Waals surface area (Å²) in [6, 6.07) is 3.94. The van der Waals surface area contributed by atoms with Gasteiger partial charge in [0.2, 0.25) is 5.95 Å². The summed E-state index contributed by atoms with van der Waals surface area (Å²) in [5, 5.41) is 2.78. The van der Waals surface area contributed by atoms with Crippen LogP contribution in [0.3, 0.4) is 0 Å². The lowest BCUT2D eigenvalue weighted by Crippen LogP contribution is -2.31. The van der Waals surface area contributed by atoms with E-state index in [4.69, 9.17) is 22.1 Å². The highest BCUT2D eigenvalue weighted by Gasteiger charge is 2.27. The number of aromatic nitrogens is 2. The minimum Gasteiger partial charge on any atom is -0.379 e. The number of nitrogens with zero attached hydrogens (tertiary/aromatic N) is 3. The summed E-state index contributed by atoms with van der Waals surface area (Å²) in [6.07, 6.45) is 0.947. The normalized spacial score (nSPS) is 19.5. The lowest BCUT2D eigenvalue weighted by atomic mass is 10.2. The fourth-order valence-corrected chi connectivity index (χ4v) is 3.81. The standard InChI is InChI=1S/C14H17ClN4OS/c1-9-7-12(18-14(16)17-9)19-4-2-5-20-8-11(19)13-10(15)3-6-21-13/h3,6-7,11H,2,4-5,8H2,1H3,(H2,16,17,18)/t11-/m0/s1. The van der Waals surface area contributed by atoms with Crippen molar-refractivity contribution in [1.82, 2.24) is 9.97 Å². The molecule has 1 saturated heterocycles. The van der Waals surface area contributed by atoms with Crippen molar-refractivity contribution in [2.24, 2.45) is 0 Å². The molecule has 3 rings (SSSR count). The van der Waals surface area contributed by atoms with E-state index < -0.39 is 0 Å². The van der Waals surface area contributed by atoms with Gasteiger partial charge >= 0.3 is 0 Å². The van der Waals surface area contributed by atoms with Gasteiger partial charge in [-0.05, 0) is 24.8 Å². The Morgan fingerprint density at radius 3 is 3.05 bits per heavy atom. The van der Waals surface area contributed by atoms with Crippen LogP contribution in [0.1, 0.15) is 23.0 Å². The Morgan fingerprint density at radius 1 is 1.48 bits per heavy atom. The molecule has 0 saturated carbocycles. The number of hydrogen-bond donors (Lipinski definition) is 1. The molecular formula is C14H17ClN4OS. The van der Waals surface area contributed by atoms with Crippen LogP contribution in [0, 0.1) is 6.92 Å². The van der Waals surface area contributed by atoms with Crippen molar-refractivity contribution < 1.29 is 4.74 Å². The molecular weight excluding hydrogens is 308 g/mol. The first-order valence-electron chi connectivity index (χ1n) is 6.83. The van der Waals surface area contributed by atoms with Gasteiger partial charge in [-0.3, -0.25) is 0 Å². The van der Waals surface area contributed by atoms with Crippen LogP contribution >= 0.6 is 22.9 Å². The summed E-state index contributed by atoms with van der Waals surface area (Å²) in [7, 11) is 0. The number of rotatable bonds is 2. The molecule has 1 atom stereocenters. The molecule has 0 aromatic carbocycles. The molecule has 7 heteroatoms. The maximum Gasteiger partial charge on any atom is 0.222 e. The fraction of sp³-hybridized carbons (Fsp3) is 0.429. The number of thiophene rings is 1. The van der Waals surface area contributed by atoms with Crippen LogP contribution in [0.25, 0.3) is 0 Å². The lowest BCUT2D eigenvalue weighted by molar-refractivity contribution is 0.135.